The fourth-order valence-electron chi connectivity index (χ4n) is 1.09. The lowest BCUT2D eigenvalue weighted by Crippen LogP contribution is -1.96. The highest BCUT2D eigenvalue weighted by atomic mass is 16.2. The van der Waals surface area contributed by atoms with Crippen molar-refractivity contribution in [2.45, 2.75) is 26.2 Å². The molecule has 12 heavy (non-hydrogen) atoms. The Balaban J connectivity index is 2.81. The van der Waals surface area contributed by atoms with Gasteiger partial charge in [-0.05, 0) is 30.0 Å². The number of rotatable bonds is 3. The molecule has 66 valence electrons. The van der Waals surface area contributed by atoms with Crippen molar-refractivity contribution >= 4 is 0 Å². The smallest absolute Gasteiger partial charge is 0.0471 e. The summed E-state index contributed by atoms with van der Waals surface area (Å²) in [6, 6.07) is 4.00. The van der Waals surface area contributed by atoms with Gasteiger partial charge >= 0.3 is 0 Å². The van der Waals surface area contributed by atoms with Gasteiger partial charge in [-0.2, -0.15) is 0 Å². The molecular weight excluding hydrogens is 150 g/mol. The zero-order valence-electron chi connectivity index (χ0n) is 7.62. The number of aliphatic hydroxyl groups excluding tert-OH is 1. The lowest BCUT2D eigenvalue weighted by Gasteiger charge is -2.05. The predicted octanol–water partition coefficient (Wildman–Crippen LogP) is 1.74. The van der Waals surface area contributed by atoms with E-state index in [0.717, 1.165) is 17.7 Å². The SMILES string of the molecule is CC(C)c1cc(CCO)ccn1. The van der Waals surface area contributed by atoms with Crippen molar-refractivity contribution in [3.8, 4) is 0 Å². The van der Waals surface area contributed by atoms with Crippen LogP contribution in [0, 0.1) is 0 Å². The predicted molar refractivity (Wildman–Crippen MR) is 49.1 cm³/mol. The van der Waals surface area contributed by atoms with Crippen molar-refractivity contribution in [3.63, 3.8) is 0 Å². The number of aliphatic hydroxyl groups is 1. The minimum absolute atomic E-state index is 0.210. The van der Waals surface area contributed by atoms with Crippen LogP contribution in [0.3, 0.4) is 0 Å². The minimum atomic E-state index is 0.210. The Morgan fingerprint density at radius 2 is 2.25 bits per heavy atom. The van der Waals surface area contributed by atoms with Gasteiger partial charge in [-0.15, -0.1) is 0 Å². The van der Waals surface area contributed by atoms with Crippen LogP contribution in [0.1, 0.15) is 31.0 Å². The van der Waals surface area contributed by atoms with Crippen LogP contribution in [0.4, 0.5) is 0 Å². The van der Waals surface area contributed by atoms with E-state index in [1.165, 1.54) is 0 Å². The van der Waals surface area contributed by atoms with E-state index in [4.69, 9.17) is 5.11 Å². The molecule has 0 radical (unpaired) electrons. The fourth-order valence-corrected chi connectivity index (χ4v) is 1.09. The summed E-state index contributed by atoms with van der Waals surface area (Å²) < 4.78 is 0. The highest BCUT2D eigenvalue weighted by Gasteiger charge is 2.00. The normalized spacial score (nSPS) is 10.7. The Hall–Kier alpha value is -0.890. The molecule has 1 aromatic heterocycles. The largest absolute Gasteiger partial charge is 0.396 e. The zero-order valence-corrected chi connectivity index (χ0v) is 7.62. The third kappa shape index (κ3) is 2.31. The van der Waals surface area contributed by atoms with Crippen molar-refractivity contribution in [3.05, 3.63) is 29.6 Å². The average Bonchev–Trinajstić information content (AvgIpc) is 2.05. The molecule has 0 aliphatic heterocycles. The maximum absolute atomic E-state index is 8.73. The molecule has 0 bridgehead atoms. The number of pyridine rings is 1. The maximum atomic E-state index is 8.73. The highest BCUT2D eigenvalue weighted by Crippen LogP contribution is 2.12. The molecule has 1 heterocycles. The van der Waals surface area contributed by atoms with Gasteiger partial charge < -0.3 is 5.11 Å². The molecule has 0 fully saturated rings. The maximum Gasteiger partial charge on any atom is 0.0471 e. The van der Waals surface area contributed by atoms with Gasteiger partial charge in [-0.3, -0.25) is 4.98 Å². The summed E-state index contributed by atoms with van der Waals surface area (Å²) in [6.45, 7) is 4.44. The zero-order chi connectivity index (χ0) is 8.97. The lowest BCUT2D eigenvalue weighted by molar-refractivity contribution is 0.299. The molecule has 0 aliphatic rings. The molecule has 1 N–H and O–H groups in total. The van der Waals surface area contributed by atoms with Crippen molar-refractivity contribution in [2.75, 3.05) is 6.61 Å². The summed E-state index contributed by atoms with van der Waals surface area (Å²) in [5.74, 6) is 0.462. The summed E-state index contributed by atoms with van der Waals surface area (Å²) in [4.78, 5) is 4.24. The first-order valence-corrected chi connectivity index (χ1v) is 4.29. The van der Waals surface area contributed by atoms with Crippen molar-refractivity contribution in [1.29, 1.82) is 0 Å². The van der Waals surface area contributed by atoms with Crippen LogP contribution < -0.4 is 0 Å². The Morgan fingerprint density at radius 3 is 2.83 bits per heavy atom. The van der Waals surface area contributed by atoms with Gasteiger partial charge in [0.25, 0.3) is 0 Å². The lowest BCUT2D eigenvalue weighted by atomic mass is 10.1. The molecule has 0 spiro atoms. The molecule has 2 heteroatoms. The van der Waals surface area contributed by atoms with Gasteiger partial charge in [0.1, 0.15) is 0 Å². The van der Waals surface area contributed by atoms with Crippen LogP contribution in [0.5, 0.6) is 0 Å². The van der Waals surface area contributed by atoms with Gasteiger partial charge in [0.15, 0.2) is 0 Å². The second kappa shape index (κ2) is 4.21. The molecule has 0 saturated carbocycles. The molecule has 0 aliphatic carbocycles. The summed E-state index contributed by atoms with van der Waals surface area (Å²) in [7, 11) is 0. The molecule has 0 amide bonds. The van der Waals surface area contributed by atoms with Crippen LogP contribution in [-0.4, -0.2) is 16.7 Å². The Morgan fingerprint density at radius 1 is 1.50 bits per heavy atom. The van der Waals surface area contributed by atoms with Gasteiger partial charge in [0, 0.05) is 18.5 Å². The summed E-state index contributed by atoms with van der Waals surface area (Å²) in [5, 5.41) is 8.73. The van der Waals surface area contributed by atoms with Gasteiger partial charge in [-0.25, -0.2) is 0 Å². The molecule has 1 rings (SSSR count). The first kappa shape index (κ1) is 9.20. The van der Waals surface area contributed by atoms with Crippen molar-refractivity contribution < 1.29 is 5.11 Å². The molecule has 2 nitrogen and oxygen atoms in total. The molecule has 0 atom stereocenters. The first-order chi connectivity index (χ1) is 5.74. The second-order valence-electron chi connectivity index (χ2n) is 3.22. The van der Waals surface area contributed by atoms with E-state index in [0.29, 0.717) is 5.92 Å². The molecule has 0 aromatic carbocycles. The van der Waals surface area contributed by atoms with E-state index < -0.39 is 0 Å². The summed E-state index contributed by atoms with van der Waals surface area (Å²) >= 11 is 0. The Labute approximate surface area is 73.3 Å². The first-order valence-electron chi connectivity index (χ1n) is 4.29. The van der Waals surface area contributed by atoms with E-state index >= 15 is 0 Å². The molecule has 1 aromatic rings. The number of hydrogen-bond acceptors (Lipinski definition) is 2. The third-order valence-electron chi connectivity index (χ3n) is 1.84. The van der Waals surface area contributed by atoms with Crippen LogP contribution >= 0.6 is 0 Å². The van der Waals surface area contributed by atoms with Crippen LogP contribution in [0.25, 0.3) is 0 Å². The minimum Gasteiger partial charge on any atom is -0.396 e. The third-order valence-corrected chi connectivity index (χ3v) is 1.84. The van der Waals surface area contributed by atoms with Crippen molar-refractivity contribution in [2.24, 2.45) is 0 Å². The van der Waals surface area contributed by atoms with Gasteiger partial charge in [0.2, 0.25) is 0 Å². The topological polar surface area (TPSA) is 33.1 Å². The molecule has 0 saturated heterocycles. The number of hydrogen-bond donors (Lipinski definition) is 1. The van der Waals surface area contributed by atoms with E-state index in [9.17, 15) is 0 Å². The summed E-state index contributed by atoms with van der Waals surface area (Å²) in [5.41, 5.74) is 2.26. The van der Waals surface area contributed by atoms with Gasteiger partial charge in [0.05, 0.1) is 0 Å². The monoisotopic (exact) mass is 165 g/mol. The van der Waals surface area contributed by atoms with Crippen LogP contribution in [-0.2, 0) is 6.42 Å². The van der Waals surface area contributed by atoms with Crippen LogP contribution in [0.15, 0.2) is 18.3 Å². The van der Waals surface area contributed by atoms with E-state index in [-0.39, 0.29) is 6.61 Å². The van der Waals surface area contributed by atoms with Crippen LogP contribution in [0.2, 0.25) is 0 Å². The van der Waals surface area contributed by atoms with Gasteiger partial charge in [-0.1, -0.05) is 13.8 Å². The molecular formula is C10H15NO. The standard InChI is InChI=1S/C10H15NO/c1-8(2)10-7-9(4-6-12)3-5-11-10/h3,5,7-8,12H,4,6H2,1-2H3. The summed E-state index contributed by atoms with van der Waals surface area (Å²) in [6.07, 6.45) is 2.53. The van der Waals surface area contributed by atoms with E-state index in [2.05, 4.69) is 24.9 Å². The number of aromatic nitrogens is 1. The highest BCUT2D eigenvalue weighted by molar-refractivity contribution is 5.18. The van der Waals surface area contributed by atoms with E-state index in [1.54, 1.807) is 6.20 Å². The molecule has 0 unspecified atom stereocenters. The Bertz CT molecular complexity index is 245. The quantitative estimate of drug-likeness (QED) is 0.740. The Kier molecular flexibility index (Phi) is 3.23. The van der Waals surface area contributed by atoms with Crippen molar-refractivity contribution in [1.82, 2.24) is 4.98 Å². The number of nitrogens with zero attached hydrogens (tertiary/aromatic N) is 1. The second-order valence-corrected chi connectivity index (χ2v) is 3.22. The fraction of sp³-hybridized carbons (Fsp3) is 0.500. The average molecular weight is 165 g/mol. The van der Waals surface area contributed by atoms with E-state index in [1.807, 2.05) is 6.07 Å².